The van der Waals surface area contributed by atoms with Gasteiger partial charge in [-0.15, -0.1) is 11.3 Å². The molecule has 1 aromatic carbocycles. The molecule has 9 heteroatoms. The fraction of sp³-hybridized carbons (Fsp3) is 0.368. The molecule has 2 rings (SSSR count). The van der Waals surface area contributed by atoms with Gasteiger partial charge in [0.2, 0.25) is 21.8 Å². The van der Waals surface area contributed by atoms with Crippen molar-refractivity contribution in [2.45, 2.75) is 31.7 Å². The van der Waals surface area contributed by atoms with Crippen LogP contribution >= 0.6 is 11.3 Å². The van der Waals surface area contributed by atoms with Gasteiger partial charge in [-0.05, 0) is 41.6 Å². The lowest BCUT2D eigenvalue weighted by molar-refractivity contribution is -0.122. The number of sulfonamides is 1. The predicted octanol–water partition coefficient (Wildman–Crippen LogP) is 2.84. The number of carbonyl (C=O) groups excluding carboxylic acids is 2. The Balaban J connectivity index is 2.06. The van der Waals surface area contributed by atoms with E-state index >= 15 is 0 Å². The Morgan fingerprint density at radius 1 is 1.14 bits per heavy atom. The van der Waals surface area contributed by atoms with E-state index in [0.717, 1.165) is 9.18 Å². The second kappa shape index (κ2) is 9.31. The molecule has 0 fully saturated rings. The van der Waals surface area contributed by atoms with Crippen LogP contribution in [0.2, 0.25) is 0 Å². The largest absolute Gasteiger partial charge is 0.347 e. The van der Waals surface area contributed by atoms with E-state index in [0.29, 0.717) is 5.69 Å². The van der Waals surface area contributed by atoms with Gasteiger partial charge in [0.15, 0.2) is 0 Å². The second-order valence-electron chi connectivity index (χ2n) is 6.77. The van der Waals surface area contributed by atoms with Gasteiger partial charge < -0.3 is 10.6 Å². The molecule has 0 aliphatic rings. The number of carbonyl (C=O) groups is 2. The third kappa shape index (κ3) is 5.63. The summed E-state index contributed by atoms with van der Waals surface area (Å²) in [5.41, 5.74) is 0.502. The summed E-state index contributed by atoms with van der Waals surface area (Å²) in [6.45, 7) is 5.09. The van der Waals surface area contributed by atoms with Crippen LogP contribution in [0.1, 0.15) is 31.7 Å². The third-order valence-corrected chi connectivity index (χ3v) is 6.86. The van der Waals surface area contributed by atoms with E-state index in [9.17, 15) is 18.0 Å². The molecular formula is C19H25N3O4S2. The van der Waals surface area contributed by atoms with Crippen LogP contribution in [0.3, 0.4) is 0 Å². The zero-order valence-corrected chi connectivity index (χ0v) is 17.9. The summed E-state index contributed by atoms with van der Waals surface area (Å²) in [7, 11) is -2.46. The van der Waals surface area contributed by atoms with Gasteiger partial charge >= 0.3 is 0 Å². The van der Waals surface area contributed by atoms with Gasteiger partial charge in [-0.2, -0.15) is 4.31 Å². The van der Waals surface area contributed by atoms with Crippen molar-refractivity contribution in [3.8, 4) is 0 Å². The van der Waals surface area contributed by atoms with Crippen LogP contribution in [0.5, 0.6) is 0 Å². The van der Waals surface area contributed by atoms with E-state index in [1.807, 2.05) is 31.4 Å². The smallest absolute Gasteiger partial charge is 0.243 e. The molecule has 1 aromatic heterocycles. The Bertz CT molecular complexity index is 907. The number of amides is 2. The van der Waals surface area contributed by atoms with E-state index in [1.165, 1.54) is 38.2 Å². The molecule has 0 radical (unpaired) electrons. The summed E-state index contributed by atoms with van der Waals surface area (Å²) in [6, 6.07) is 9.52. The molecule has 0 unspecified atom stereocenters. The normalized spacial score (nSPS) is 12.8. The number of rotatable bonds is 8. The van der Waals surface area contributed by atoms with Crippen molar-refractivity contribution in [2.75, 3.05) is 18.9 Å². The highest BCUT2D eigenvalue weighted by Gasteiger charge is 2.25. The number of likely N-dealkylation sites (N-methyl/N-ethyl adjacent to an activating group) is 1. The maximum absolute atomic E-state index is 12.7. The minimum Gasteiger partial charge on any atom is -0.347 e. The summed E-state index contributed by atoms with van der Waals surface area (Å²) in [5, 5.41) is 7.44. The number of anilines is 1. The van der Waals surface area contributed by atoms with E-state index < -0.39 is 10.0 Å². The SMILES string of the molecule is CC(=O)Nc1ccc(S(=O)(=O)N(C)CC(=O)N[C@@H](c2cccs2)C(C)C)cc1. The van der Waals surface area contributed by atoms with Crippen LogP contribution in [0.4, 0.5) is 5.69 Å². The van der Waals surface area contributed by atoms with E-state index in [2.05, 4.69) is 10.6 Å². The van der Waals surface area contributed by atoms with Gasteiger partial charge in [-0.1, -0.05) is 19.9 Å². The number of hydrogen-bond donors (Lipinski definition) is 2. The first kappa shape index (κ1) is 22.1. The van der Waals surface area contributed by atoms with Crippen LogP contribution in [-0.2, 0) is 19.6 Å². The van der Waals surface area contributed by atoms with Crippen molar-refractivity contribution < 1.29 is 18.0 Å². The molecule has 0 aliphatic carbocycles. The molecule has 1 heterocycles. The molecule has 152 valence electrons. The molecule has 0 aliphatic heterocycles. The van der Waals surface area contributed by atoms with Crippen molar-refractivity contribution >= 4 is 38.9 Å². The maximum atomic E-state index is 12.7. The minimum absolute atomic E-state index is 0.0515. The Morgan fingerprint density at radius 3 is 2.29 bits per heavy atom. The van der Waals surface area contributed by atoms with E-state index in [1.54, 1.807) is 11.3 Å². The molecule has 0 saturated carbocycles. The summed E-state index contributed by atoms with van der Waals surface area (Å²) in [4.78, 5) is 24.6. The average Bonchev–Trinajstić information content (AvgIpc) is 3.13. The van der Waals surface area contributed by atoms with Crippen molar-refractivity contribution in [3.05, 3.63) is 46.7 Å². The van der Waals surface area contributed by atoms with Crippen molar-refractivity contribution in [1.82, 2.24) is 9.62 Å². The van der Waals surface area contributed by atoms with Crippen molar-refractivity contribution in [2.24, 2.45) is 5.92 Å². The molecule has 2 amide bonds. The summed E-state index contributed by atoms with van der Waals surface area (Å²) in [5.74, 6) is -0.436. The number of hydrogen-bond acceptors (Lipinski definition) is 5. The summed E-state index contributed by atoms with van der Waals surface area (Å²) in [6.07, 6.45) is 0. The molecular weight excluding hydrogens is 398 g/mol. The summed E-state index contributed by atoms with van der Waals surface area (Å²) >= 11 is 1.55. The molecule has 28 heavy (non-hydrogen) atoms. The fourth-order valence-corrected chi connectivity index (χ4v) is 4.71. The molecule has 0 bridgehead atoms. The standard InChI is InChI=1S/C19H25N3O4S2/c1-13(2)19(17-6-5-11-27-17)21-18(24)12-22(4)28(25,26)16-9-7-15(8-10-16)20-14(3)23/h5-11,13,19H,12H2,1-4H3,(H,20,23)(H,21,24)/t19-/m1/s1. The lowest BCUT2D eigenvalue weighted by Gasteiger charge is -2.23. The second-order valence-corrected chi connectivity index (χ2v) is 9.80. The first-order valence-electron chi connectivity index (χ1n) is 8.78. The maximum Gasteiger partial charge on any atom is 0.243 e. The zero-order chi connectivity index (χ0) is 20.9. The lowest BCUT2D eigenvalue weighted by atomic mass is 10.0. The van der Waals surface area contributed by atoms with Crippen LogP contribution in [0.15, 0.2) is 46.7 Å². The van der Waals surface area contributed by atoms with Crippen molar-refractivity contribution in [3.63, 3.8) is 0 Å². The quantitative estimate of drug-likeness (QED) is 0.682. The first-order valence-corrected chi connectivity index (χ1v) is 11.1. The molecule has 2 aromatic rings. The monoisotopic (exact) mass is 423 g/mol. The summed E-state index contributed by atoms with van der Waals surface area (Å²) < 4.78 is 26.4. The molecule has 1 atom stereocenters. The van der Waals surface area contributed by atoms with Gasteiger partial charge in [-0.25, -0.2) is 8.42 Å². The van der Waals surface area contributed by atoms with Crippen LogP contribution < -0.4 is 10.6 Å². The molecule has 0 saturated heterocycles. The predicted molar refractivity (Wildman–Crippen MR) is 111 cm³/mol. The highest BCUT2D eigenvalue weighted by Crippen LogP contribution is 2.26. The first-order chi connectivity index (χ1) is 13.1. The molecule has 0 spiro atoms. The molecule has 7 nitrogen and oxygen atoms in total. The van der Waals surface area contributed by atoms with Gasteiger partial charge in [0.1, 0.15) is 0 Å². The highest BCUT2D eigenvalue weighted by atomic mass is 32.2. The van der Waals surface area contributed by atoms with Gasteiger partial charge in [0, 0.05) is 24.5 Å². The highest BCUT2D eigenvalue weighted by molar-refractivity contribution is 7.89. The Labute approximate surface area is 169 Å². The Hall–Kier alpha value is -2.23. The van der Waals surface area contributed by atoms with E-state index in [-0.39, 0.29) is 35.2 Å². The number of benzene rings is 1. The van der Waals surface area contributed by atoms with E-state index in [4.69, 9.17) is 0 Å². The number of nitrogens with zero attached hydrogens (tertiary/aromatic N) is 1. The topological polar surface area (TPSA) is 95.6 Å². The number of nitrogens with one attached hydrogen (secondary N) is 2. The Morgan fingerprint density at radius 2 is 1.79 bits per heavy atom. The van der Waals surface area contributed by atoms with Gasteiger partial charge in [-0.3, -0.25) is 9.59 Å². The van der Waals surface area contributed by atoms with Crippen LogP contribution in [0, 0.1) is 5.92 Å². The van der Waals surface area contributed by atoms with Crippen molar-refractivity contribution in [1.29, 1.82) is 0 Å². The number of thiophene rings is 1. The average molecular weight is 424 g/mol. The molecule has 2 N–H and O–H groups in total. The van der Waals surface area contributed by atoms with Crippen LogP contribution in [0.25, 0.3) is 0 Å². The van der Waals surface area contributed by atoms with Gasteiger partial charge in [0.25, 0.3) is 0 Å². The lowest BCUT2D eigenvalue weighted by Crippen LogP contribution is -2.40. The van der Waals surface area contributed by atoms with Gasteiger partial charge in [0.05, 0.1) is 17.5 Å². The minimum atomic E-state index is -3.83. The zero-order valence-electron chi connectivity index (χ0n) is 16.3. The van der Waals surface area contributed by atoms with Crippen LogP contribution in [-0.4, -0.2) is 38.1 Å². The Kier molecular flexibility index (Phi) is 7.34. The third-order valence-electron chi connectivity index (χ3n) is 4.08. The fourth-order valence-electron chi connectivity index (χ4n) is 2.63.